The second-order valence-electron chi connectivity index (χ2n) is 5.93. The van der Waals surface area contributed by atoms with E-state index in [4.69, 9.17) is 4.74 Å². The normalized spacial score (nSPS) is 11.6. The van der Waals surface area contributed by atoms with Gasteiger partial charge in [-0.1, -0.05) is 0 Å². The number of ether oxygens (including phenoxy) is 2. The highest BCUT2D eigenvalue weighted by molar-refractivity contribution is 6.42. The molecule has 0 fully saturated rings. The maximum absolute atomic E-state index is 12.9. The number of ketones is 1. The molecule has 0 unspecified atom stereocenters. The lowest BCUT2D eigenvalue weighted by Gasteiger charge is -2.20. The summed E-state index contributed by atoms with van der Waals surface area (Å²) in [5.74, 6) is -2.42. The third kappa shape index (κ3) is 6.09. The Morgan fingerprint density at radius 2 is 1.80 bits per heavy atom. The van der Waals surface area contributed by atoms with Crippen LogP contribution in [0.5, 0.6) is 0 Å². The molecule has 0 saturated carbocycles. The Kier molecular flexibility index (Phi) is 6.17. The van der Waals surface area contributed by atoms with Gasteiger partial charge in [0.1, 0.15) is 5.60 Å². The number of Topliss-reactive ketones (excluding diaryl/α,β-unsaturated/α-hetero) is 1. The van der Waals surface area contributed by atoms with Crippen LogP contribution in [0.15, 0.2) is 18.2 Å². The molecule has 1 rings (SSSR count). The zero-order valence-electron chi connectivity index (χ0n) is 14.1. The van der Waals surface area contributed by atoms with Crippen LogP contribution in [0.3, 0.4) is 0 Å². The quantitative estimate of drug-likeness (QED) is 0.499. The first-order valence-electron chi connectivity index (χ1n) is 7.28. The second-order valence-corrected chi connectivity index (χ2v) is 5.93. The van der Waals surface area contributed by atoms with Crippen molar-refractivity contribution in [3.05, 3.63) is 29.3 Å². The van der Waals surface area contributed by atoms with Crippen molar-refractivity contribution >= 4 is 23.5 Å². The van der Waals surface area contributed by atoms with Crippen molar-refractivity contribution in [2.75, 3.05) is 11.9 Å². The fourth-order valence-electron chi connectivity index (χ4n) is 1.74. The summed E-state index contributed by atoms with van der Waals surface area (Å²) in [4.78, 5) is 35.4. The van der Waals surface area contributed by atoms with Gasteiger partial charge < -0.3 is 9.47 Å². The van der Waals surface area contributed by atoms with Crippen molar-refractivity contribution in [2.45, 2.75) is 39.5 Å². The maximum atomic E-state index is 12.9. The Balaban J connectivity index is 3.26. The van der Waals surface area contributed by atoms with E-state index in [2.05, 4.69) is 10.1 Å². The fourth-order valence-corrected chi connectivity index (χ4v) is 1.74. The molecule has 0 aliphatic heterocycles. The molecule has 1 aromatic carbocycles. The molecule has 0 spiro atoms. The number of alkyl halides is 3. The summed E-state index contributed by atoms with van der Waals surface area (Å²) in [5.41, 5.74) is -2.93. The maximum Gasteiger partial charge on any atom is 0.416 e. The van der Waals surface area contributed by atoms with E-state index in [1.807, 2.05) is 0 Å². The highest BCUT2D eigenvalue weighted by Crippen LogP contribution is 2.32. The summed E-state index contributed by atoms with van der Waals surface area (Å²) in [6.07, 6.45) is -5.76. The smallest absolute Gasteiger partial charge is 0.416 e. The number of nitrogens with one attached hydrogen (secondary N) is 1. The van der Waals surface area contributed by atoms with Gasteiger partial charge in [0.2, 0.25) is 0 Å². The van der Waals surface area contributed by atoms with Crippen molar-refractivity contribution in [2.24, 2.45) is 0 Å². The van der Waals surface area contributed by atoms with E-state index < -0.39 is 46.4 Å². The molecule has 6 nitrogen and oxygen atoms in total. The Morgan fingerprint density at radius 3 is 2.28 bits per heavy atom. The molecule has 0 aromatic heterocycles. The van der Waals surface area contributed by atoms with Gasteiger partial charge >= 0.3 is 18.2 Å². The lowest BCUT2D eigenvalue weighted by molar-refractivity contribution is -0.138. The van der Waals surface area contributed by atoms with Crippen molar-refractivity contribution < 1.29 is 37.0 Å². The van der Waals surface area contributed by atoms with E-state index in [-0.39, 0.29) is 6.61 Å². The predicted octanol–water partition coefficient (Wildman–Crippen LogP) is 3.80. The van der Waals surface area contributed by atoms with Gasteiger partial charge in [0.25, 0.3) is 5.78 Å². The van der Waals surface area contributed by atoms with Gasteiger partial charge in [-0.3, -0.25) is 10.1 Å². The molecule has 25 heavy (non-hydrogen) atoms. The van der Waals surface area contributed by atoms with Crippen LogP contribution < -0.4 is 5.32 Å². The first-order valence-corrected chi connectivity index (χ1v) is 7.28. The van der Waals surface area contributed by atoms with Gasteiger partial charge in [-0.15, -0.1) is 0 Å². The zero-order valence-corrected chi connectivity index (χ0v) is 14.1. The lowest BCUT2D eigenvalue weighted by Crippen LogP contribution is -2.28. The van der Waals surface area contributed by atoms with E-state index in [9.17, 15) is 27.6 Å². The minimum atomic E-state index is -4.70. The molecule has 138 valence electrons. The molecular formula is C16H18F3NO5. The minimum absolute atomic E-state index is 0.0833. The first kappa shape index (κ1) is 20.5. The van der Waals surface area contributed by atoms with Crippen LogP contribution in [-0.4, -0.2) is 30.1 Å². The molecular weight excluding hydrogens is 347 g/mol. The van der Waals surface area contributed by atoms with Crippen LogP contribution in [0.2, 0.25) is 0 Å². The lowest BCUT2D eigenvalue weighted by atomic mass is 10.1. The zero-order chi connectivity index (χ0) is 19.4. The van der Waals surface area contributed by atoms with Crippen LogP contribution in [-0.2, 0) is 20.4 Å². The fraction of sp³-hybridized carbons (Fsp3) is 0.438. The number of hydrogen-bond acceptors (Lipinski definition) is 5. The molecule has 0 heterocycles. The molecule has 0 aliphatic carbocycles. The molecule has 0 bridgehead atoms. The number of amides is 1. The average Bonchev–Trinajstić information content (AvgIpc) is 2.43. The van der Waals surface area contributed by atoms with Crippen molar-refractivity contribution in [3.63, 3.8) is 0 Å². The molecule has 0 atom stereocenters. The van der Waals surface area contributed by atoms with Gasteiger partial charge in [0.05, 0.1) is 23.4 Å². The largest absolute Gasteiger partial charge is 0.460 e. The monoisotopic (exact) mass is 365 g/mol. The molecule has 1 aromatic rings. The third-order valence-corrected chi connectivity index (χ3v) is 2.69. The van der Waals surface area contributed by atoms with Crippen molar-refractivity contribution in [1.82, 2.24) is 0 Å². The highest BCUT2D eigenvalue weighted by atomic mass is 19.4. The van der Waals surface area contributed by atoms with E-state index in [1.165, 1.54) is 6.92 Å². The van der Waals surface area contributed by atoms with Gasteiger partial charge in [0, 0.05) is 0 Å². The Hall–Kier alpha value is -2.58. The molecule has 9 heteroatoms. The number of hydrogen-bond donors (Lipinski definition) is 1. The van der Waals surface area contributed by atoms with Crippen molar-refractivity contribution in [3.8, 4) is 0 Å². The predicted molar refractivity (Wildman–Crippen MR) is 82.3 cm³/mol. The van der Waals surface area contributed by atoms with Crippen molar-refractivity contribution in [1.29, 1.82) is 0 Å². The summed E-state index contributed by atoms with van der Waals surface area (Å²) in [6, 6.07) is 1.98. The van der Waals surface area contributed by atoms with Crippen LogP contribution in [0.25, 0.3) is 0 Å². The Labute approximate surface area is 142 Å². The number of esters is 1. The number of carbonyl (C=O) groups is 3. The summed E-state index contributed by atoms with van der Waals surface area (Å²) >= 11 is 0. The third-order valence-electron chi connectivity index (χ3n) is 2.69. The first-order chi connectivity index (χ1) is 11.3. The van der Waals surface area contributed by atoms with Gasteiger partial charge in [-0.05, 0) is 45.9 Å². The van der Waals surface area contributed by atoms with E-state index >= 15 is 0 Å². The highest BCUT2D eigenvalue weighted by Gasteiger charge is 2.33. The van der Waals surface area contributed by atoms with E-state index in [1.54, 1.807) is 20.8 Å². The molecule has 0 radical (unpaired) electrons. The second kappa shape index (κ2) is 7.54. The van der Waals surface area contributed by atoms with Gasteiger partial charge in [0.15, 0.2) is 0 Å². The van der Waals surface area contributed by atoms with Crippen LogP contribution in [0.1, 0.15) is 43.6 Å². The van der Waals surface area contributed by atoms with Crippen LogP contribution in [0.4, 0.5) is 23.7 Å². The van der Waals surface area contributed by atoms with Gasteiger partial charge in [-0.2, -0.15) is 13.2 Å². The summed E-state index contributed by atoms with van der Waals surface area (Å²) in [5, 5.41) is 2.07. The molecule has 1 amide bonds. The Bertz CT molecular complexity index is 677. The molecule has 0 aliphatic rings. The summed E-state index contributed by atoms with van der Waals surface area (Å²) < 4.78 is 48.1. The number of benzene rings is 1. The van der Waals surface area contributed by atoms with Crippen LogP contribution >= 0.6 is 0 Å². The van der Waals surface area contributed by atoms with Gasteiger partial charge in [-0.25, -0.2) is 9.59 Å². The summed E-state index contributed by atoms with van der Waals surface area (Å²) in [6.45, 7) is 6.06. The molecule has 0 saturated heterocycles. The standard InChI is InChI=1S/C16H18F3NO5/c1-5-24-13(22)12(21)10-7-6-9(16(17,18)19)8-11(10)20-14(23)25-15(2,3)4/h6-8H,5H2,1-4H3,(H,20,23)/i12+2,13+2. The number of carbonyl (C=O) groups excluding carboxylic acids is 3. The van der Waals surface area contributed by atoms with Crippen LogP contribution in [0, 0.1) is 0 Å². The number of rotatable bonds is 4. The SMILES string of the molecule is CCO[14C](=O)[14C](=O)c1ccc(C(F)(F)F)cc1NC(=O)OC(C)(C)C. The summed E-state index contributed by atoms with van der Waals surface area (Å²) in [7, 11) is 0. The topological polar surface area (TPSA) is 81.7 Å². The van der Waals surface area contributed by atoms with E-state index in [0.717, 1.165) is 6.07 Å². The number of halogens is 3. The Morgan fingerprint density at radius 1 is 1.20 bits per heavy atom. The minimum Gasteiger partial charge on any atom is -0.460 e. The van der Waals surface area contributed by atoms with E-state index in [0.29, 0.717) is 12.1 Å². The average molecular weight is 365 g/mol. The number of anilines is 1. The molecule has 1 N–H and O–H groups in total.